The lowest BCUT2D eigenvalue weighted by atomic mass is 9.87. The molecule has 0 bridgehead atoms. The highest BCUT2D eigenvalue weighted by molar-refractivity contribution is 6.48. The highest BCUT2D eigenvalue weighted by Gasteiger charge is 2.29. The number of carbonyl (C=O) groups is 1. The highest BCUT2D eigenvalue weighted by atomic mass is 28.3. The fourth-order valence-corrected chi connectivity index (χ4v) is 3.44. The molecule has 0 saturated heterocycles. The van der Waals surface area contributed by atoms with Crippen molar-refractivity contribution in [2.45, 2.75) is 85.7 Å². The molecule has 0 rings (SSSR count). The summed E-state index contributed by atoms with van der Waals surface area (Å²) in [6.45, 7) is 19.5. The van der Waals surface area contributed by atoms with Crippen LogP contribution >= 0.6 is 0 Å². The van der Waals surface area contributed by atoms with Gasteiger partial charge in [0.25, 0.3) is 0 Å². The Labute approximate surface area is 144 Å². The van der Waals surface area contributed by atoms with E-state index < -0.39 is 14.6 Å². The SMILES string of the molecule is C[C@H](N)CN(CCC(O[SiH](C)C)C(C)(C)C)C(=O)OC(C)(C)C. The minimum Gasteiger partial charge on any atom is -0.444 e. The molecule has 0 spiro atoms. The number of nitrogens with zero attached hydrogens (tertiary/aromatic N) is 1. The normalized spacial score (nSPS) is 15.4. The molecule has 23 heavy (non-hydrogen) atoms. The van der Waals surface area contributed by atoms with E-state index in [4.69, 9.17) is 14.9 Å². The summed E-state index contributed by atoms with van der Waals surface area (Å²) in [6, 6.07) is -0.0870. The number of ether oxygens (including phenoxy) is 1. The Hall–Kier alpha value is -0.593. The summed E-state index contributed by atoms with van der Waals surface area (Å²) >= 11 is 0. The fraction of sp³-hybridized carbons (Fsp3) is 0.941. The minimum absolute atomic E-state index is 0.0468. The molecule has 0 aromatic heterocycles. The Kier molecular flexibility index (Phi) is 8.80. The monoisotopic (exact) mass is 346 g/mol. The lowest BCUT2D eigenvalue weighted by molar-refractivity contribution is 0.0168. The van der Waals surface area contributed by atoms with Crippen LogP contribution in [0.3, 0.4) is 0 Å². The molecule has 5 nitrogen and oxygen atoms in total. The molecule has 138 valence electrons. The third kappa shape index (κ3) is 10.7. The van der Waals surface area contributed by atoms with Gasteiger partial charge in [-0.15, -0.1) is 0 Å². The van der Waals surface area contributed by atoms with Gasteiger partial charge in [-0.1, -0.05) is 20.8 Å². The van der Waals surface area contributed by atoms with Crippen LogP contribution in [0.5, 0.6) is 0 Å². The average Bonchev–Trinajstić information content (AvgIpc) is 2.27. The van der Waals surface area contributed by atoms with E-state index in [1.165, 1.54) is 0 Å². The van der Waals surface area contributed by atoms with E-state index >= 15 is 0 Å². The molecule has 2 N–H and O–H groups in total. The van der Waals surface area contributed by atoms with E-state index in [2.05, 4.69) is 33.9 Å². The van der Waals surface area contributed by atoms with E-state index in [0.29, 0.717) is 13.1 Å². The quantitative estimate of drug-likeness (QED) is 0.718. The highest BCUT2D eigenvalue weighted by Crippen LogP contribution is 2.26. The molecule has 0 heterocycles. The van der Waals surface area contributed by atoms with Crippen molar-refractivity contribution in [3.05, 3.63) is 0 Å². The van der Waals surface area contributed by atoms with Gasteiger partial charge in [0.1, 0.15) is 5.60 Å². The smallest absolute Gasteiger partial charge is 0.410 e. The topological polar surface area (TPSA) is 64.8 Å². The lowest BCUT2D eigenvalue weighted by Gasteiger charge is -2.35. The predicted molar refractivity (Wildman–Crippen MR) is 99.3 cm³/mol. The molecule has 0 aromatic carbocycles. The molecule has 0 aliphatic rings. The van der Waals surface area contributed by atoms with Gasteiger partial charge in [-0.3, -0.25) is 0 Å². The molecule has 0 radical (unpaired) electrons. The molecule has 1 amide bonds. The van der Waals surface area contributed by atoms with Crippen LogP contribution < -0.4 is 5.73 Å². The van der Waals surface area contributed by atoms with Gasteiger partial charge in [0.2, 0.25) is 0 Å². The van der Waals surface area contributed by atoms with Crippen molar-refractivity contribution < 1.29 is 14.0 Å². The fourth-order valence-electron chi connectivity index (χ4n) is 2.24. The van der Waals surface area contributed by atoms with Gasteiger partial charge in [0.05, 0.1) is 6.10 Å². The summed E-state index contributed by atoms with van der Waals surface area (Å²) in [6.07, 6.45) is 0.622. The summed E-state index contributed by atoms with van der Waals surface area (Å²) < 4.78 is 11.7. The van der Waals surface area contributed by atoms with Crippen LogP contribution in [0.2, 0.25) is 13.1 Å². The van der Waals surface area contributed by atoms with Gasteiger partial charge in [-0.25, -0.2) is 4.79 Å². The van der Waals surface area contributed by atoms with Crippen molar-refractivity contribution >= 4 is 15.1 Å². The van der Waals surface area contributed by atoms with Crippen molar-refractivity contribution in [2.24, 2.45) is 11.1 Å². The lowest BCUT2D eigenvalue weighted by Crippen LogP contribution is -2.45. The molecule has 6 heteroatoms. The van der Waals surface area contributed by atoms with Crippen LogP contribution in [-0.4, -0.2) is 50.9 Å². The van der Waals surface area contributed by atoms with E-state index in [1.807, 2.05) is 27.7 Å². The largest absolute Gasteiger partial charge is 0.444 e. The summed E-state index contributed by atoms with van der Waals surface area (Å²) in [4.78, 5) is 14.1. The Balaban J connectivity index is 4.90. The molecule has 0 fully saturated rings. The van der Waals surface area contributed by atoms with Crippen molar-refractivity contribution in [1.29, 1.82) is 0 Å². The molecule has 0 aliphatic heterocycles. The molecule has 0 aliphatic carbocycles. The van der Waals surface area contributed by atoms with E-state index in [1.54, 1.807) is 4.90 Å². The Bertz CT molecular complexity index is 360. The molecular formula is C17H38N2O3Si. The van der Waals surface area contributed by atoms with E-state index in [0.717, 1.165) is 6.42 Å². The average molecular weight is 347 g/mol. The van der Waals surface area contributed by atoms with Gasteiger partial charge in [-0.05, 0) is 52.6 Å². The second-order valence-corrected chi connectivity index (χ2v) is 11.1. The van der Waals surface area contributed by atoms with Gasteiger partial charge in [0, 0.05) is 19.1 Å². The maximum absolute atomic E-state index is 12.4. The third-order valence-corrected chi connectivity index (χ3v) is 4.10. The van der Waals surface area contributed by atoms with Crippen molar-refractivity contribution in [3.63, 3.8) is 0 Å². The van der Waals surface area contributed by atoms with Crippen LogP contribution in [0.25, 0.3) is 0 Å². The zero-order valence-electron chi connectivity index (χ0n) is 16.6. The van der Waals surface area contributed by atoms with Crippen LogP contribution in [0, 0.1) is 5.41 Å². The Morgan fingerprint density at radius 1 is 1.17 bits per heavy atom. The summed E-state index contributed by atoms with van der Waals surface area (Å²) in [5.41, 5.74) is 5.44. The standard InChI is InChI=1S/C17H38N2O3Si/c1-13(18)12-19(15(20)21-17(5,6)7)11-10-14(16(2,3)4)22-23(8)9/h13-14,23H,10-12,18H2,1-9H3/t13-,14?/m0/s1. The maximum atomic E-state index is 12.4. The second-order valence-electron chi connectivity index (χ2n) is 8.73. The van der Waals surface area contributed by atoms with Crippen molar-refractivity contribution in [1.82, 2.24) is 4.90 Å². The van der Waals surface area contributed by atoms with Gasteiger partial charge in [0.15, 0.2) is 9.04 Å². The van der Waals surface area contributed by atoms with Gasteiger partial charge < -0.3 is 19.8 Å². The summed E-state index contributed by atoms with van der Waals surface area (Å²) in [7, 11) is -1.14. The summed E-state index contributed by atoms with van der Waals surface area (Å²) in [5, 5.41) is 0. The van der Waals surface area contributed by atoms with Crippen LogP contribution in [-0.2, 0) is 9.16 Å². The molecule has 0 saturated carbocycles. The van der Waals surface area contributed by atoms with Crippen molar-refractivity contribution in [3.8, 4) is 0 Å². The molecular weight excluding hydrogens is 308 g/mol. The van der Waals surface area contributed by atoms with Crippen LogP contribution in [0.1, 0.15) is 54.9 Å². The van der Waals surface area contributed by atoms with Crippen LogP contribution in [0.4, 0.5) is 4.79 Å². The first-order valence-electron chi connectivity index (χ1n) is 8.61. The number of rotatable bonds is 7. The number of nitrogens with two attached hydrogens (primary N) is 1. The number of carbonyl (C=O) groups excluding carboxylic acids is 1. The number of hydrogen-bond acceptors (Lipinski definition) is 4. The zero-order chi connectivity index (χ0) is 18.4. The first kappa shape index (κ1) is 22.4. The Morgan fingerprint density at radius 2 is 1.70 bits per heavy atom. The third-order valence-electron chi connectivity index (χ3n) is 3.22. The minimum atomic E-state index is -1.14. The predicted octanol–water partition coefficient (Wildman–Crippen LogP) is 3.38. The van der Waals surface area contributed by atoms with Gasteiger partial charge >= 0.3 is 6.09 Å². The van der Waals surface area contributed by atoms with E-state index in [-0.39, 0.29) is 23.7 Å². The number of hydrogen-bond donors (Lipinski definition) is 1. The van der Waals surface area contributed by atoms with Crippen molar-refractivity contribution in [2.75, 3.05) is 13.1 Å². The second kappa shape index (κ2) is 9.04. The first-order chi connectivity index (χ1) is 10.2. The van der Waals surface area contributed by atoms with Gasteiger partial charge in [-0.2, -0.15) is 0 Å². The zero-order valence-corrected chi connectivity index (χ0v) is 17.8. The molecule has 1 unspecified atom stereocenters. The maximum Gasteiger partial charge on any atom is 0.410 e. The first-order valence-corrected chi connectivity index (χ1v) is 11.4. The Morgan fingerprint density at radius 3 is 2.04 bits per heavy atom. The number of amides is 1. The molecule has 2 atom stereocenters. The van der Waals surface area contributed by atoms with E-state index in [9.17, 15) is 4.79 Å². The molecule has 0 aromatic rings. The van der Waals surface area contributed by atoms with Crippen LogP contribution in [0.15, 0.2) is 0 Å². The summed E-state index contributed by atoms with van der Waals surface area (Å²) in [5.74, 6) is 0.